The zero-order chi connectivity index (χ0) is 21.5. The van der Waals surface area contributed by atoms with Gasteiger partial charge in [-0.25, -0.2) is 23.5 Å². The average Bonchev–Trinajstić information content (AvgIpc) is 3.07. The monoisotopic (exact) mass is 414 g/mol. The van der Waals surface area contributed by atoms with Crippen molar-refractivity contribution in [1.82, 2.24) is 19.4 Å². The predicted octanol–water partition coefficient (Wildman–Crippen LogP) is 3.39. The summed E-state index contributed by atoms with van der Waals surface area (Å²) in [5.74, 6) is -2.80. The number of carbonyl (C=O) groups excluding carboxylic acids is 2. The third-order valence-corrected chi connectivity index (χ3v) is 5.24. The van der Waals surface area contributed by atoms with Gasteiger partial charge in [-0.2, -0.15) is 0 Å². The number of imidazole rings is 1. The number of pyridine rings is 1. The van der Waals surface area contributed by atoms with Crippen molar-refractivity contribution in [3.63, 3.8) is 0 Å². The minimum absolute atomic E-state index is 0.0177. The molecular formula is C21H20F2N4O3. The lowest BCUT2D eigenvalue weighted by atomic mass is 10.1. The van der Waals surface area contributed by atoms with Crippen LogP contribution in [0.3, 0.4) is 0 Å². The van der Waals surface area contributed by atoms with Crippen LogP contribution >= 0.6 is 0 Å². The van der Waals surface area contributed by atoms with Crippen molar-refractivity contribution < 1.29 is 23.1 Å². The summed E-state index contributed by atoms with van der Waals surface area (Å²) in [5.41, 5.74) is 2.58. The highest BCUT2D eigenvalue weighted by molar-refractivity contribution is 5.96. The van der Waals surface area contributed by atoms with E-state index in [2.05, 4.69) is 9.97 Å². The third-order valence-electron chi connectivity index (χ3n) is 5.24. The number of esters is 1. The van der Waals surface area contributed by atoms with E-state index in [9.17, 15) is 18.4 Å². The second-order valence-electron chi connectivity index (χ2n) is 7.25. The molecule has 156 valence electrons. The number of ether oxygens (including phenoxy) is 1. The fourth-order valence-corrected chi connectivity index (χ4v) is 3.59. The molecule has 1 aliphatic rings. The standard InChI is InChI=1S/C21H20F2N4O3/c1-13-25-17-11-15(19(28)26-9-7-21(22,23)8-10-26)12-24-18(17)27(13)16-5-3-14(4-6-16)20(29)30-2/h3-6,11-12H,7-10H2,1-2H3. The Morgan fingerprint density at radius 3 is 2.40 bits per heavy atom. The quantitative estimate of drug-likeness (QED) is 0.614. The van der Waals surface area contributed by atoms with Crippen LogP contribution in [0.5, 0.6) is 0 Å². The maximum Gasteiger partial charge on any atom is 0.337 e. The van der Waals surface area contributed by atoms with E-state index in [1.807, 2.05) is 11.5 Å². The molecule has 7 nitrogen and oxygen atoms in total. The minimum Gasteiger partial charge on any atom is -0.465 e. The first-order valence-corrected chi connectivity index (χ1v) is 9.50. The van der Waals surface area contributed by atoms with Crippen molar-refractivity contribution in [3.05, 3.63) is 53.5 Å². The summed E-state index contributed by atoms with van der Waals surface area (Å²) >= 11 is 0. The molecule has 0 N–H and O–H groups in total. The van der Waals surface area contributed by atoms with Crippen molar-refractivity contribution in [2.45, 2.75) is 25.7 Å². The van der Waals surface area contributed by atoms with Crippen molar-refractivity contribution in [2.24, 2.45) is 0 Å². The number of amides is 1. The van der Waals surface area contributed by atoms with Gasteiger partial charge in [0.2, 0.25) is 0 Å². The topological polar surface area (TPSA) is 77.3 Å². The van der Waals surface area contributed by atoms with E-state index in [1.165, 1.54) is 18.2 Å². The summed E-state index contributed by atoms with van der Waals surface area (Å²) in [4.78, 5) is 34.7. The van der Waals surface area contributed by atoms with Gasteiger partial charge in [-0.1, -0.05) is 0 Å². The maximum absolute atomic E-state index is 13.4. The molecule has 30 heavy (non-hydrogen) atoms. The summed E-state index contributed by atoms with van der Waals surface area (Å²) in [6, 6.07) is 8.45. The van der Waals surface area contributed by atoms with E-state index in [0.717, 1.165) is 5.69 Å². The largest absolute Gasteiger partial charge is 0.465 e. The second-order valence-corrected chi connectivity index (χ2v) is 7.25. The summed E-state index contributed by atoms with van der Waals surface area (Å²) in [6.45, 7) is 1.85. The van der Waals surface area contributed by atoms with E-state index in [0.29, 0.717) is 28.1 Å². The Kier molecular flexibility index (Phi) is 4.97. The minimum atomic E-state index is -2.71. The SMILES string of the molecule is COC(=O)c1ccc(-n2c(C)nc3cc(C(=O)N4CCC(F)(F)CC4)cnc32)cc1. The molecule has 2 aromatic heterocycles. The molecule has 0 bridgehead atoms. The molecule has 1 saturated heterocycles. The zero-order valence-electron chi connectivity index (χ0n) is 16.6. The van der Waals surface area contributed by atoms with Gasteiger partial charge in [0.05, 0.1) is 18.2 Å². The normalized spacial score (nSPS) is 15.9. The van der Waals surface area contributed by atoms with Gasteiger partial charge in [0, 0.05) is 37.8 Å². The van der Waals surface area contributed by atoms with Crippen LogP contribution in [0.4, 0.5) is 8.78 Å². The molecule has 0 aliphatic carbocycles. The fourth-order valence-electron chi connectivity index (χ4n) is 3.59. The lowest BCUT2D eigenvalue weighted by Crippen LogP contribution is -2.42. The molecule has 0 saturated carbocycles. The Bertz CT molecular complexity index is 1120. The van der Waals surface area contributed by atoms with Gasteiger partial charge in [0.15, 0.2) is 5.65 Å². The van der Waals surface area contributed by atoms with Crippen LogP contribution in [0.1, 0.15) is 39.4 Å². The van der Waals surface area contributed by atoms with Gasteiger partial charge in [0.25, 0.3) is 11.8 Å². The molecule has 1 fully saturated rings. The summed E-state index contributed by atoms with van der Waals surface area (Å²) < 4.78 is 33.2. The Morgan fingerprint density at radius 1 is 1.10 bits per heavy atom. The van der Waals surface area contributed by atoms with E-state index in [-0.39, 0.29) is 31.8 Å². The van der Waals surface area contributed by atoms with Gasteiger partial charge in [-0.05, 0) is 37.3 Å². The molecule has 1 aliphatic heterocycles. The van der Waals surface area contributed by atoms with Crippen molar-refractivity contribution in [3.8, 4) is 5.69 Å². The highest BCUT2D eigenvalue weighted by Gasteiger charge is 2.36. The number of methoxy groups -OCH3 is 1. The van der Waals surface area contributed by atoms with Gasteiger partial charge in [-0.3, -0.25) is 9.36 Å². The maximum atomic E-state index is 13.4. The molecule has 0 radical (unpaired) electrons. The molecular weight excluding hydrogens is 394 g/mol. The first-order valence-electron chi connectivity index (χ1n) is 9.50. The first-order chi connectivity index (χ1) is 14.3. The van der Waals surface area contributed by atoms with E-state index < -0.39 is 11.9 Å². The predicted molar refractivity (Wildman–Crippen MR) is 105 cm³/mol. The van der Waals surface area contributed by atoms with Crippen LogP contribution in [-0.4, -0.2) is 57.4 Å². The molecule has 0 atom stereocenters. The van der Waals surface area contributed by atoms with Gasteiger partial charge in [0.1, 0.15) is 11.3 Å². The molecule has 3 aromatic rings. The Morgan fingerprint density at radius 2 is 1.77 bits per heavy atom. The molecule has 3 heterocycles. The van der Waals surface area contributed by atoms with Crippen LogP contribution < -0.4 is 0 Å². The van der Waals surface area contributed by atoms with Crippen LogP contribution in [0.15, 0.2) is 36.5 Å². The number of halogens is 2. The lowest BCUT2D eigenvalue weighted by Gasteiger charge is -2.31. The number of carbonyl (C=O) groups is 2. The summed E-state index contributed by atoms with van der Waals surface area (Å²) in [7, 11) is 1.32. The summed E-state index contributed by atoms with van der Waals surface area (Å²) in [5, 5.41) is 0. The van der Waals surface area contributed by atoms with Gasteiger partial charge < -0.3 is 9.64 Å². The highest BCUT2D eigenvalue weighted by Crippen LogP contribution is 2.29. The number of benzene rings is 1. The van der Waals surface area contributed by atoms with Crippen LogP contribution in [-0.2, 0) is 4.74 Å². The third kappa shape index (κ3) is 3.62. The van der Waals surface area contributed by atoms with Crippen molar-refractivity contribution >= 4 is 23.0 Å². The first kappa shape index (κ1) is 19.9. The van der Waals surface area contributed by atoms with E-state index in [1.54, 1.807) is 30.3 Å². The molecule has 0 spiro atoms. The average molecular weight is 414 g/mol. The number of aryl methyl sites for hydroxylation is 1. The number of alkyl halides is 2. The number of likely N-dealkylation sites (tertiary alicyclic amines) is 1. The lowest BCUT2D eigenvalue weighted by molar-refractivity contribution is -0.0494. The van der Waals surface area contributed by atoms with E-state index in [4.69, 9.17) is 4.74 Å². The number of rotatable bonds is 3. The highest BCUT2D eigenvalue weighted by atomic mass is 19.3. The molecule has 1 aromatic carbocycles. The Hall–Kier alpha value is -3.36. The van der Waals surface area contributed by atoms with Gasteiger partial charge >= 0.3 is 5.97 Å². The van der Waals surface area contributed by atoms with Crippen molar-refractivity contribution in [1.29, 1.82) is 0 Å². The number of hydrogen-bond acceptors (Lipinski definition) is 5. The van der Waals surface area contributed by atoms with Crippen LogP contribution in [0, 0.1) is 6.92 Å². The van der Waals surface area contributed by atoms with Gasteiger partial charge in [-0.15, -0.1) is 0 Å². The summed E-state index contributed by atoms with van der Waals surface area (Å²) in [6.07, 6.45) is 0.783. The number of hydrogen-bond donors (Lipinski definition) is 0. The number of aromatic nitrogens is 3. The number of nitrogens with zero attached hydrogens (tertiary/aromatic N) is 4. The van der Waals surface area contributed by atoms with Crippen LogP contribution in [0.2, 0.25) is 0 Å². The number of fused-ring (bicyclic) bond motifs is 1. The smallest absolute Gasteiger partial charge is 0.337 e. The van der Waals surface area contributed by atoms with Crippen molar-refractivity contribution in [2.75, 3.05) is 20.2 Å². The Labute approximate surface area is 171 Å². The molecule has 1 amide bonds. The molecule has 4 rings (SSSR count). The molecule has 9 heteroatoms. The fraction of sp³-hybridized carbons (Fsp3) is 0.333. The van der Waals surface area contributed by atoms with Crippen LogP contribution in [0.25, 0.3) is 16.9 Å². The second kappa shape index (κ2) is 7.47. The number of piperidine rings is 1. The Balaban J connectivity index is 1.63. The van der Waals surface area contributed by atoms with E-state index >= 15 is 0 Å². The zero-order valence-corrected chi connectivity index (χ0v) is 16.6. The molecule has 0 unspecified atom stereocenters.